The molecule has 2 rings (SSSR count). The molecule has 0 aromatic heterocycles. The van der Waals surface area contributed by atoms with Crippen molar-refractivity contribution >= 4 is 0 Å². The predicted octanol–water partition coefficient (Wildman–Crippen LogP) is 3.53. The minimum absolute atomic E-state index is 0.452. The van der Waals surface area contributed by atoms with Crippen LogP contribution in [-0.2, 0) is 11.4 Å². The summed E-state index contributed by atoms with van der Waals surface area (Å²) in [5.41, 5.74) is 4.90. The second-order valence-corrected chi connectivity index (χ2v) is 6.05. The standard InChI is InChI=1S/C15H23NO/c1-12-9-15(2,3)10-14(12)16-17-11-13-7-5-4-6-8-13/h4-8,12,14,16H,9-11H2,1-3H3. The van der Waals surface area contributed by atoms with Crippen LogP contribution < -0.4 is 5.48 Å². The fourth-order valence-corrected chi connectivity index (χ4v) is 2.86. The van der Waals surface area contributed by atoms with Crippen molar-refractivity contribution in [1.29, 1.82) is 0 Å². The highest BCUT2D eigenvalue weighted by Crippen LogP contribution is 2.40. The van der Waals surface area contributed by atoms with E-state index in [0.29, 0.717) is 24.0 Å². The highest BCUT2D eigenvalue weighted by Gasteiger charge is 2.36. The molecule has 0 heterocycles. The number of nitrogens with one attached hydrogen (secondary N) is 1. The first-order chi connectivity index (χ1) is 8.07. The molecule has 1 aromatic carbocycles. The molecule has 1 fully saturated rings. The second kappa shape index (κ2) is 5.19. The number of rotatable bonds is 4. The van der Waals surface area contributed by atoms with Crippen molar-refractivity contribution in [3.8, 4) is 0 Å². The van der Waals surface area contributed by atoms with Gasteiger partial charge in [0.1, 0.15) is 0 Å². The highest BCUT2D eigenvalue weighted by molar-refractivity contribution is 5.13. The lowest BCUT2D eigenvalue weighted by Crippen LogP contribution is -2.31. The molecule has 2 nitrogen and oxygen atoms in total. The van der Waals surface area contributed by atoms with E-state index >= 15 is 0 Å². The van der Waals surface area contributed by atoms with Crippen molar-refractivity contribution in [3.05, 3.63) is 35.9 Å². The zero-order valence-electron chi connectivity index (χ0n) is 11.1. The molecule has 0 bridgehead atoms. The van der Waals surface area contributed by atoms with E-state index in [9.17, 15) is 0 Å². The molecule has 1 saturated carbocycles. The number of hydrogen-bond acceptors (Lipinski definition) is 2. The molecule has 0 amide bonds. The number of hydrogen-bond donors (Lipinski definition) is 1. The van der Waals surface area contributed by atoms with Crippen molar-refractivity contribution in [2.24, 2.45) is 11.3 Å². The predicted molar refractivity (Wildman–Crippen MR) is 70.3 cm³/mol. The van der Waals surface area contributed by atoms with Crippen LogP contribution in [0.4, 0.5) is 0 Å². The molecule has 1 aliphatic rings. The topological polar surface area (TPSA) is 21.3 Å². The van der Waals surface area contributed by atoms with E-state index in [-0.39, 0.29) is 0 Å². The molecular formula is C15H23NO. The second-order valence-electron chi connectivity index (χ2n) is 6.05. The molecule has 1 aromatic rings. The largest absolute Gasteiger partial charge is 0.297 e. The van der Waals surface area contributed by atoms with Gasteiger partial charge in [-0.1, -0.05) is 51.1 Å². The Morgan fingerprint density at radius 3 is 2.53 bits per heavy atom. The minimum Gasteiger partial charge on any atom is -0.297 e. The van der Waals surface area contributed by atoms with E-state index < -0.39 is 0 Å². The summed E-state index contributed by atoms with van der Waals surface area (Å²) in [5.74, 6) is 0.695. The third-order valence-corrected chi connectivity index (χ3v) is 3.65. The van der Waals surface area contributed by atoms with E-state index in [1.165, 1.54) is 18.4 Å². The molecule has 1 N–H and O–H groups in total. The number of hydroxylamine groups is 1. The van der Waals surface area contributed by atoms with Gasteiger partial charge in [-0.15, -0.1) is 0 Å². The molecule has 0 radical (unpaired) electrons. The summed E-state index contributed by atoms with van der Waals surface area (Å²) >= 11 is 0. The molecule has 1 aliphatic carbocycles. The lowest BCUT2D eigenvalue weighted by atomic mass is 9.91. The SMILES string of the molecule is CC1CC(C)(C)CC1NOCc1ccccc1. The Balaban J connectivity index is 1.76. The summed E-state index contributed by atoms with van der Waals surface area (Å²) in [6.07, 6.45) is 2.47. The van der Waals surface area contributed by atoms with Gasteiger partial charge in [0.05, 0.1) is 6.61 Å². The third-order valence-electron chi connectivity index (χ3n) is 3.65. The van der Waals surface area contributed by atoms with Crippen molar-refractivity contribution in [2.75, 3.05) is 0 Å². The van der Waals surface area contributed by atoms with Gasteiger partial charge in [-0.2, -0.15) is 5.48 Å². The zero-order valence-corrected chi connectivity index (χ0v) is 11.1. The molecule has 2 unspecified atom stereocenters. The Hall–Kier alpha value is -0.860. The molecule has 0 spiro atoms. The van der Waals surface area contributed by atoms with Gasteiger partial charge >= 0.3 is 0 Å². The van der Waals surface area contributed by atoms with Crippen molar-refractivity contribution in [3.63, 3.8) is 0 Å². The monoisotopic (exact) mass is 233 g/mol. The minimum atomic E-state index is 0.452. The maximum atomic E-state index is 5.62. The summed E-state index contributed by atoms with van der Waals surface area (Å²) in [6.45, 7) is 7.62. The van der Waals surface area contributed by atoms with Gasteiger partial charge in [0.2, 0.25) is 0 Å². The van der Waals surface area contributed by atoms with Gasteiger partial charge in [0, 0.05) is 6.04 Å². The Labute approximate surface area is 104 Å². The van der Waals surface area contributed by atoms with E-state index in [0.717, 1.165) is 0 Å². The number of benzene rings is 1. The van der Waals surface area contributed by atoms with Crippen molar-refractivity contribution in [1.82, 2.24) is 5.48 Å². The first kappa shape index (κ1) is 12.6. The quantitative estimate of drug-likeness (QED) is 0.803. The summed E-state index contributed by atoms with van der Waals surface area (Å²) in [7, 11) is 0. The summed E-state index contributed by atoms with van der Waals surface area (Å²) < 4.78 is 0. The van der Waals surface area contributed by atoms with Gasteiger partial charge in [-0.25, -0.2) is 0 Å². The van der Waals surface area contributed by atoms with E-state index in [4.69, 9.17) is 4.84 Å². The summed E-state index contributed by atoms with van der Waals surface area (Å²) in [5, 5.41) is 0. The van der Waals surface area contributed by atoms with E-state index in [1.54, 1.807) is 0 Å². The first-order valence-corrected chi connectivity index (χ1v) is 6.48. The summed E-state index contributed by atoms with van der Waals surface area (Å²) in [4.78, 5) is 5.62. The molecular weight excluding hydrogens is 210 g/mol. The Morgan fingerprint density at radius 1 is 1.24 bits per heavy atom. The van der Waals surface area contributed by atoms with Crippen LogP contribution in [0.3, 0.4) is 0 Å². The molecule has 2 atom stereocenters. The summed E-state index contributed by atoms with van der Waals surface area (Å²) in [6, 6.07) is 10.8. The van der Waals surface area contributed by atoms with Crippen LogP contribution >= 0.6 is 0 Å². The van der Waals surface area contributed by atoms with Gasteiger partial charge < -0.3 is 0 Å². The lowest BCUT2D eigenvalue weighted by Gasteiger charge is -2.18. The molecule has 94 valence electrons. The van der Waals surface area contributed by atoms with Gasteiger partial charge in [-0.05, 0) is 29.7 Å². The van der Waals surface area contributed by atoms with E-state index in [2.05, 4.69) is 38.4 Å². The van der Waals surface area contributed by atoms with Crippen LogP contribution in [-0.4, -0.2) is 6.04 Å². The smallest absolute Gasteiger partial charge is 0.0933 e. The van der Waals surface area contributed by atoms with Crippen LogP contribution in [0.25, 0.3) is 0 Å². The van der Waals surface area contributed by atoms with Crippen molar-refractivity contribution < 1.29 is 4.84 Å². The molecule has 17 heavy (non-hydrogen) atoms. The van der Waals surface area contributed by atoms with E-state index in [1.807, 2.05) is 18.2 Å². The maximum Gasteiger partial charge on any atom is 0.0933 e. The fraction of sp³-hybridized carbons (Fsp3) is 0.600. The molecule has 0 saturated heterocycles. The molecule has 0 aliphatic heterocycles. The lowest BCUT2D eigenvalue weighted by molar-refractivity contribution is -0.00465. The third kappa shape index (κ3) is 3.55. The average Bonchev–Trinajstić information content (AvgIpc) is 2.53. The Kier molecular flexibility index (Phi) is 3.85. The molecule has 2 heteroatoms. The Bertz CT molecular complexity index is 347. The van der Waals surface area contributed by atoms with Crippen LogP contribution in [0.15, 0.2) is 30.3 Å². The van der Waals surface area contributed by atoms with Crippen LogP contribution in [0, 0.1) is 11.3 Å². The normalized spacial score (nSPS) is 27.2. The van der Waals surface area contributed by atoms with Gasteiger partial charge in [0.15, 0.2) is 0 Å². The highest BCUT2D eigenvalue weighted by atomic mass is 16.6. The van der Waals surface area contributed by atoms with Gasteiger partial charge in [-0.3, -0.25) is 4.84 Å². The van der Waals surface area contributed by atoms with Crippen LogP contribution in [0.1, 0.15) is 39.2 Å². The first-order valence-electron chi connectivity index (χ1n) is 6.48. The van der Waals surface area contributed by atoms with Crippen molar-refractivity contribution in [2.45, 2.75) is 46.3 Å². The fourth-order valence-electron chi connectivity index (χ4n) is 2.86. The zero-order chi connectivity index (χ0) is 12.3. The van der Waals surface area contributed by atoms with Gasteiger partial charge in [0.25, 0.3) is 0 Å². The maximum absolute atomic E-state index is 5.62. The van der Waals surface area contributed by atoms with Crippen LogP contribution in [0.5, 0.6) is 0 Å². The van der Waals surface area contributed by atoms with Crippen LogP contribution in [0.2, 0.25) is 0 Å². The average molecular weight is 233 g/mol. The Morgan fingerprint density at radius 2 is 1.94 bits per heavy atom.